The minimum absolute atomic E-state index is 0.00978. The Morgan fingerprint density at radius 1 is 0.966 bits per heavy atom. The molecule has 0 spiro atoms. The molecule has 4 heteroatoms. The van der Waals surface area contributed by atoms with Crippen molar-refractivity contribution < 1.29 is 10.2 Å². The normalized spacial score (nSPS) is 12.6. The largest absolute Gasteiger partial charge is 0.507 e. The summed E-state index contributed by atoms with van der Waals surface area (Å²) in [6, 6.07) is 9.85. The topological polar surface area (TPSA) is 56.1 Å². The molecule has 0 fully saturated rings. The van der Waals surface area contributed by atoms with Gasteiger partial charge >= 0.3 is 0 Å². The summed E-state index contributed by atoms with van der Waals surface area (Å²) >= 11 is 0. The molecule has 0 aliphatic rings. The molecule has 2 aromatic rings. The molecule has 4 nitrogen and oxygen atoms in total. The molecular formula is C25H36N2O2. The van der Waals surface area contributed by atoms with E-state index in [1.165, 1.54) is 5.56 Å². The SMILES string of the molecule is Cc1cccc(C=NCCN(C)c2cc(C(C)(C)C)cc(C(C)(C)C)c2O)c1O. The Bertz CT molecular complexity index is 887. The third-order valence-corrected chi connectivity index (χ3v) is 5.24. The number of aryl methyl sites for hydroxylation is 1. The van der Waals surface area contributed by atoms with Gasteiger partial charge in [-0.25, -0.2) is 0 Å². The van der Waals surface area contributed by atoms with Crippen LogP contribution in [0.4, 0.5) is 5.69 Å². The second-order valence-electron chi connectivity index (χ2n) is 9.86. The first kappa shape index (κ1) is 22.8. The lowest BCUT2D eigenvalue weighted by Gasteiger charge is -2.30. The predicted octanol–water partition coefficient (Wildman–Crippen LogP) is 5.56. The molecule has 0 amide bonds. The fourth-order valence-electron chi connectivity index (χ4n) is 3.19. The molecule has 0 unspecified atom stereocenters. The third-order valence-electron chi connectivity index (χ3n) is 5.24. The standard InChI is InChI=1S/C25H36N2O2/c1-17-10-9-11-18(22(17)28)16-26-12-13-27(8)21-15-19(24(2,3)4)14-20(23(21)29)25(5,6)7/h9-11,14-16,28-29H,12-13H2,1-8H3. The molecule has 0 saturated heterocycles. The van der Waals surface area contributed by atoms with Crippen molar-refractivity contribution in [2.75, 3.05) is 25.0 Å². The summed E-state index contributed by atoms with van der Waals surface area (Å²) in [6.45, 7) is 16.0. The van der Waals surface area contributed by atoms with E-state index in [4.69, 9.17) is 0 Å². The van der Waals surface area contributed by atoms with E-state index in [1.807, 2.05) is 37.1 Å². The minimum atomic E-state index is -0.151. The van der Waals surface area contributed by atoms with Crippen LogP contribution < -0.4 is 4.90 Å². The average Bonchev–Trinajstić information content (AvgIpc) is 2.60. The van der Waals surface area contributed by atoms with E-state index < -0.39 is 0 Å². The quantitative estimate of drug-likeness (QED) is 0.651. The zero-order valence-corrected chi connectivity index (χ0v) is 19.2. The van der Waals surface area contributed by atoms with Crippen LogP contribution in [0.2, 0.25) is 0 Å². The number of hydrogen-bond donors (Lipinski definition) is 2. The summed E-state index contributed by atoms with van der Waals surface area (Å²) in [5.41, 5.74) is 4.39. The van der Waals surface area contributed by atoms with E-state index in [0.717, 1.165) is 22.4 Å². The van der Waals surface area contributed by atoms with Crippen LogP contribution >= 0.6 is 0 Å². The highest BCUT2D eigenvalue weighted by molar-refractivity contribution is 5.84. The summed E-state index contributed by atoms with van der Waals surface area (Å²) < 4.78 is 0. The van der Waals surface area contributed by atoms with Crippen LogP contribution in [0.3, 0.4) is 0 Å². The summed E-state index contributed by atoms with van der Waals surface area (Å²) in [5.74, 6) is 0.614. The predicted molar refractivity (Wildman–Crippen MR) is 124 cm³/mol. The number of phenolic OH excluding ortho intramolecular Hbond substituents is 2. The number of likely N-dealkylation sites (N-methyl/N-ethyl adjacent to an activating group) is 1. The Balaban J connectivity index is 2.24. The van der Waals surface area contributed by atoms with E-state index in [9.17, 15) is 10.2 Å². The van der Waals surface area contributed by atoms with Crippen LogP contribution in [0.5, 0.6) is 11.5 Å². The van der Waals surface area contributed by atoms with Crippen LogP contribution in [-0.4, -0.2) is 36.6 Å². The maximum absolute atomic E-state index is 11.0. The lowest BCUT2D eigenvalue weighted by molar-refractivity contribution is 0.444. The van der Waals surface area contributed by atoms with Crippen molar-refractivity contribution >= 4 is 11.9 Å². The van der Waals surface area contributed by atoms with Gasteiger partial charge in [0.05, 0.1) is 12.2 Å². The van der Waals surface area contributed by atoms with Crippen LogP contribution in [0.25, 0.3) is 0 Å². The molecule has 0 saturated carbocycles. The molecule has 0 bridgehead atoms. The van der Waals surface area contributed by atoms with Crippen molar-refractivity contribution in [3.63, 3.8) is 0 Å². The Morgan fingerprint density at radius 2 is 1.62 bits per heavy atom. The average molecular weight is 397 g/mol. The fourth-order valence-corrected chi connectivity index (χ4v) is 3.19. The second-order valence-corrected chi connectivity index (χ2v) is 9.86. The zero-order valence-electron chi connectivity index (χ0n) is 19.2. The fraction of sp³-hybridized carbons (Fsp3) is 0.480. The van der Waals surface area contributed by atoms with Crippen LogP contribution in [0.15, 0.2) is 35.3 Å². The Labute approximate surface area is 175 Å². The van der Waals surface area contributed by atoms with Gasteiger partial charge in [0, 0.05) is 30.9 Å². The molecule has 0 heterocycles. The van der Waals surface area contributed by atoms with E-state index in [1.54, 1.807) is 6.21 Å². The number of rotatable bonds is 5. The summed E-state index contributed by atoms with van der Waals surface area (Å²) in [6.07, 6.45) is 1.71. The number of para-hydroxylation sites is 1. The number of aromatic hydroxyl groups is 2. The van der Waals surface area contributed by atoms with Crippen molar-refractivity contribution in [1.82, 2.24) is 0 Å². The molecule has 0 atom stereocenters. The minimum Gasteiger partial charge on any atom is -0.507 e. The van der Waals surface area contributed by atoms with Gasteiger partial charge in [-0.05, 0) is 41.0 Å². The van der Waals surface area contributed by atoms with Gasteiger partial charge in [-0.1, -0.05) is 59.7 Å². The van der Waals surface area contributed by atoms with Gasteiger partial charge in [-0.2, -0.15) is 0 Å². The van der Waals surface area contributed by atoms with Crippen LogP contribution in [-0.2, 0) is 10.8 Å². The smallest absolute Gasteiger partial charge is 0.142 e. The monoisotopic (exact) mass is 396 g/mol. The van der Waals surface area contributed by atoms with Crippen molar-refractivity contribution in [1.29, 1.82) is 0 Å². The molecular weight excluding hydrogens is 360 g/mol. The van der Waals surface area contributed by atoms with Crippen molar-refractivity contribution in [2.45, 2.75) is 59.3 Å². The molecule has 2 rings (SSSR count). The summed E-state index contributed by atoms with van der Waals surface area (Å²) in [7, 11) is 1.98. The lowest BCUT2D eigenvalue weighted by Crippen LogP contribution is -2.24. The highest BCUT2D eigenvalue weighted by Gasteiger charge is 2.26. The lowest BCUT2D eigenvalue weighted by atomic mass is 9.79. The number of hydrogen-bond acceptors (Lipinski definition) is 4. The molecule has 158 valence electrons. The van der Waals surface area contributed by atoms with Crippen molar-refractivity contribution in [3.05, 3.63) is 52.6 Å². The molecule has 0 aromatic heterocycles. The first-order chi connectivity index (χ1) is 13.3. The van der Waals surface area contributed by atoms with Gasteiger partial charge in [0.15, 0.2) is 0 Å². The summed E-state index contributed by atoms with van der Waals surface area (Å²) in [5, 5.41) is 21.1. The van der Waals surface area contributed by atoms with Crippen LogP contribution in [0.1, 0.15) is 63.8 Å². The van der Waals surface area contributed by atoms with E-state index in [2.05, 4.69) is 58.7 Å². The molecule has 29 heavy (non-hydrogen) atoms. The Hall–Kier alpha value is -2.49. The maximum Gasteiger partial charge on any atom is 0.142 e. The molecule has 0 aliphatic heterocycles. The highest BCUT2D eigenvalue weighted by atomic mass is 16.3. The van der Waals surface area contributed by atoms with Gasteiger partial charge in [0.1, 0.15) is 11.5 Å². The number of benzene rings is 2. The summed E-state index contributed by atoms with van der Waals surface area (Å²) in [4.78, 5) is 6.52. The molecule has 0 aliphatic carbocycles. The Kier molecular flexibility index (Phi) is 6.67. The molecule has 0 radical (unpaired) electrons. The van der Waals surface area contributed by atoms with Crippen LogP contribution in [0, 0.1) is 6.92 Å². The number of aliphatic imine (C=N–C) groups is 1. The Morgan fingerprint density at radius 3 is 2.21 bits per heavy atom. The number of nitrogens with zero attached hydrogens (tertiary/aromatic N) is 2. The van der Waals surface area contributed by atoms with E-state index >= 15 is 0 Å². The first-order valence-corrected chi connectivity index (χ1v) is 10.2. The third kappa shape index (κ3) is 5.53. The molecule has 2 aromatic carbocycles. The van der Waals surface area contributed by atoms with Gasteiger partial charge in [0.25, 0.3) is 0 Å². The van der Waals surface area contributed by atoms with Gasteiger partial charge in [-0.15, -0.1) is 0 Å². The van der Waals surface area contributed by atoms with E-state index in [-0.39, 0.29) is 16.6 Å². The van der Waals surface area contributed by atoms with Gasteiger partial charge < -0.3 is 15.1 Å². The first-order valence-electron chi connectivity index (χ1n) is 10.2. The van der Waals surface area contributed by atoms with E-state index in [0.29, 0.717) is 18.8 Å². The number of phenols is 2. The van der Waals surface area contributed by atoms with Gasteiger partial charge in [-0.3, -0.25) is 4.99 Å². The maximum atomic E-state index is 11.0. The zero-order chi connectivity index (χ0) is 22.0. The highest BCUT2D eigenvalue weighted by Crippen LogP contribution is 2.41. The van der Waals surface area contributed by atoms with Crippen molar-refractivity contribution in [3.8, 4) is 11.5 Å². The second kappa shape index (κ2) is 8.48. The number of anilines is 1. The van der Waals surface area contributed by atoms with Gasteiger partial charge in [0.2, 0.25) is 0 Å². The van der Waals surface area contributed by atoms with Crippen molar-refractivity contribution in [2.24, 2.45) is 4.99 Å². The molecule has 2 N–H and O–H groups in total.